The van der Waals surface area contributed by atoms with Crippen molar-refractivity contribution in [3.05, 3.63) is 59.5 Å². The maximum absolute atomic E-state index is 10.7. The molecule has 0 radical (unpaired) electrons. The van der Waals surface area contributed by atoms with Crippen LogP contribution in [0.5, 0.6) is 0 Å². The van der Waals surface area contributed by atoms with Crippen LogP contribution in [0, 0.1) is 0 Å². The molecule has 1 unspecified atom stereocenters. The number of carbonyl (C=O) groups is 1. The second kappa shape index (κ2) is 6.91. The molecular formula is C16H18O4. The van der Waals surface area contributed by atoms with Gasteiger partial charge in [0.1, 0.15) is 11.9 Å². The lowest BCUT2D eigenvalue weighted by atomic mass is 10.1. The van der Waals surface area contributed by atoms with E-state index in [2.05, 4.69) is 12.1 Å². The standard InChI is InChI=1S/C16H18O4/c1-12(14-9-10-15(20-14)16(17)18)19-11-5-8-13-6-3-2-4-7-13/h2-4,6-7,9-10,12H,5,8,11H2,1H3,(H,17,18). The van der Waals surface area contributed by atoms with Gasteiger partial charge in [-0.3, -0.25) is 0 Å². The lowest BCUT2D eigenvalue weighted by Crippen LogP contribution is -2.02. The molecule has 106 valence electrons. The number of carboxylic acids is 1. The molecule has 4 heteroatoms. The number of ether oxygens (including phenoxy) is 1. The van der Waals surface area contributed by atoms with Crippen molar-refractivity contribution < 1.29 is 19.1 Å². The van der Waals surface area contributed by atoms with Gasteiger partial charge in [-0.15, -0.1) is 0 Å². The first-order chi connectivity index (χ1) is 9.66. The van der Waals surface area contributed by atoms with Gasteiger partial charge in [0.05, 0.1) is 0 Å². The number of furan rings is 1. The summed E-state index contributed by atoms with van der Waals surface area (Å²) in [7, 11) is 0. The normalized spacial score (nSPS) is 12.2. The van der Waals surface area contributed by atoms with E-state index in [1.165, 1.54) is 11.6 Å². The predicted octanol–water partition coefficient (Wildman–Crippen LogP) is 3.69. The van der Waals surface area contributed by atoms with Crippen LogP contribution in [-0.4, -0.2) is 17.7 Å². The lowest BCUT2D eigenvalue weighted by molar-refractivity contribution is 0.0461. The summed E-state index contributed by atoms with van der Waals surface area (Å²) >= 11 is 0. The summed E-state index contributed by atoms with van der Waals surface area (Å²) in [6.07, 6.45) is 1.64. The van der Waals surface area contributed by atoms with Crippen molar-refractivity contribution in [2.75, 3.05) is 6.61 Å². The van der Waals surface area contributed by atoms with Crippen molar-refractivity contribution in [1.29, 1.82) is 0 Å². The molecule has 1 aromatic carbocycles. The second-order valence-electron chi connectivity index (χ2n) is 4.61. The van der Waals surface area contributed by atoms with Crippen LogP contribution in [0.3, 0.4) is 0 Å². The monoisotopic (exact) mass is 274 g/mol. The molecule has 1 aromatic heterocycles. The van der Waals surface area contributed by atoms with Crippen LogP contribution in [-0.2, 0) is 11.2 Å². The topological polar surface area (TPSA) is 59.7 Å². The minimum absolute atomic E-state index is 0.0558. The molecule has 0 aliphatic heterocycles. The van der Waals surface area contributed by atoms with Crippen LogP contribution < -0.4 is 0 Å². The summed E-state index contributed by atoms with van der Waals surface area (Å²) < 4.78 is 10.9. The fraction of sp³-hybridized carbons (Fsp3) is 0.312. The van der Waals surface area contributed by atoms with Crippen LogP contribution in [0.2, 0.25) is 0 Å². The number of aryl methyl sites for hydroxylation is 1. The Balaban J connectivity index is 1.74. The van der Waals surface area contributed by atoms with Gasteiger partial charge >= 0.3 is 5.97 Å². The highest BCUT2D eigenvalue weighted by molar-refractivity contribution is 5.84. The quantitative estimate of drug-likeness (QED) is 0.782. The third kappa shape index (κ3) is 3.96. The number of carboxylic acid groups (broad SMARTS) is 1. The molecule has 1 heterocycles. The van der Waals surface area contributed by atoms with Crippen molar-refractivity contribution in [2.24, 2.45) is 0 Å². The number of aromatic carboxylic acids is 1. The first-order valence-corrected chi connectivity index (χ1v) is 6.65. The molecule has 2 rings (SSSR count). The molecule has 0 bridgehead atoms. The molecule has 1 N–H and O–H groups in total. The molecule has 2 aromatic rings. The fourth-order valence-electron chi connectivity index (χ4n) is 1.95. The van der Waals surface area contributed by atoms with E-state index in [1.54, 1.807) is 6.07 Å². The van der Waals surface area contributed by atoms with Crippen LogP contribution in [0.15, 0.2) is 46.9 Å². The van der Waals surface area contributed by atoms with Crippen molar-refractivity contribution in [1.82, 2.24) is 0 Å². The Kier molecular flexibility index (Phi) is 4.96. The van der Waals surface area contributed by atoms with E-state index in [0.29, 0.717) is 12.4 Å². The van der Waals surface area contributed by atoms with Crippen LogP contribution >= 0.6 is 0 Å². The highest BCUT2D eigenvalue weighted by Crippen LogP contribution is 2.20. The molecule has 0 fully saturated rings. The largest absolute Gasteiger partial charge is 0.475 e. The van der Waals surface area contributed by atoms with Crippen molar-refractivity contribution >= 4 is 5.97 Å². The first kappa shape index (κ1) is 14.3. The molecule has 0 amide bonds. The van der Waals surface area contributed by atoms with Gasteiger partial charge in [0, 0.05) is 6.61 Å². The van der Waals surface area contributed by atoms with Gasteiger partial charge < -0.3 is 14.3 Å². The Morgan fingerprint density at radius 2 is 2.00 bits per heavy atom. The van der Waals surface area contributed by atoms with E-state index in [-0.39, 0.29) is 11.9 Å². The maximum Gasteiger partial charge on any atom is 0.371 e. The average molecular weight is 274 g/mol. The minimum atomic E-state index is -1.06. The Hall–Kier alpha value is -2.07. The summed E-state index contributed by atoms with van der Waals surface area (Å²) in [6.45, 7) is 2.46. The number of hydrogen-bond donors (Lipinski definition) is 1. The van der Waals surface area contributed by atoms with Gasteiger partial charge in [-0.1, -0.05) is 30.3 Å². The molecular weight excluding hydrogens is 256 g/mol. The summed E-state index contributed by atoms with van der Waals surface area (Å²) in [5.41, 5.74) is 1.29. The highest BCUT2D eigenvalue weighted by Gasteiger charge is 2.14. The van der Waals surface area contributed by atoms with E-state index >= 15 is 0 Å². The van der Waals surface area contributed by atoms with Gasteiger partial charge in [0.25, 0.3) is 0 Å². The number of rotatable bonds is 7. The van der Waals surface area contributed by atoms with Crippen LogP contribution in [0.4, 0.5) is 0 Å². The summed E-state index contributed by atoms with van der Waals surface area (Å²) in [5, 5.41) is 8.79. The Labute approximate surface area is 118 Å². The molecule has 0 spiro atoms. The summed E-state index contributed by atoms with van der Waals surface area (Å²) in [5.74, 6) is -0.575. The summed E-state index contributed by atoms with van der Waals surface area (Å²) in [4.78, 5) is 10.7. The van der Waals surface area contributed by atoms with E-state index in [1.807, 2.05) is 25.1 Å². The fourth-order valence-corrected chi connectivity index (χ4v) is 1.95. The number of benzene rings is 1. The minimum Gasteiger partial charge on any atom is -0.475 e. The van der Waals surface area contributed by atoms with Gasteiger partial charge in [0.15, 0.2) is 0 Å². The van der Waals surface area contributed by atoms with Crippen molar-refractivity contribution in [3.63, 3.8) is 0 Å². The molecule has 1 atom stereocenters. The van der Waals surface area contributed by atoms with E-state index in [4.69, 9.17) is 14.3 Å². The van der Waals surface area contributed by atoms with Crippen LogP contribution in [0.1, 0.15) is 41.3 Å². The molecule has 0 saturated carbocycles. The average Bonchev–Trinajstić information content (AvgIpc) is 2.94. The third-order valence-electron chi connectivity index (χ3n) is 3.06. The molecule has 0 saturated heterocycles. The van der Waals surface area contributed by atoms with Gasteiger partial charge in [-0.05, 0) is 37.5 Å². The Morgan fingerprint density at radius 3 is 2.65 bits per heavy atom. The van der Waals surface area contributed by atoms with Gasteiger partial charge in [-0.2, -0.15) is 0 Å². The van der Waals surface area contributed by atoms with Gasteiger partial charge in [0.2, 0.25) is 5.76 Å². The second-order valence-corrected chi connectivity index (χ2v) is 4.61. The summed E-state index contributed by atoms with van der Waals surface area (Å²) in [6, 6.07) is 13.3. The first-order valence-electron chi connectivity index (χ1n) is 6.65. The lowest BCUT2D eigenvalue weighted by Gasteiger charge is -2.10. The Morgan fingerprint density at radius 1 is 1.25 bits per heavy atom. The van der Waals surface area contributed by atoms with Crippen molar-refractivity contribution in [3.8, 4) is 0 Å². The van der Waals surface area contributed by atoms with E-state index in [0.717, 1.165) is 12.8 Å². The van der Waals surface area contributed by atoms with Gasteiger partial charge in [-0.25, -0.2) is 4.79 Å². The van der Waals surface area contributed by atoms with E-state index < -0.39 is 5.97 Å². The maximum atomic E-state index is 10.7. The zero-order valence-corrected chi connectivity index (χ0v) is 11.4. The number of hydrogen-bond acceptors (Lipinski definition) is 3. The predicted molar refractivity (Wildman–Crippen MR) is 74.8 cm³/mol. The molecule has 20 heavy (non-hydrogen) atoms. The Bertz CT molecular complexity index is 545. The zero-order valence-electron chi connectivity index (χ0n) is 11.4. The SMILES string of the molecule is CC(OCCCc1ccccc1)c1ccc(C(=O)O)o1. The zero-order chi connectivity index (χ0) is 14.4. The molecule has 4 nitrogen and oxygen atoms in total. The van der Waals surface area contributed by atoms with E-state index in [9.17, 15) is 4.79 Å². The van der Waals surface area contributed by atoms with Crippen LogP contribution in [0.25, 0.3) is 0 Å². The highest BCUT2D eigenvalue weighted by atomic mass is 16.5. The third-order valence-corrected chi connectivity index (χ3v) is 3.06. The molecule has 0 aliphatic carbocycles. The smallest absolute Gasteiger partial charge is 0.371 e. The molecule has 0 aliphatic rings. The van der Waals surface area contributed by atoms with Crippen molar-refractivity contribution in [2.45, 2.75) is 25.9 Å².